The van der Waals surface area contributed by atoms with Gasteiger partial charge >= 0.3 is 5.97 Å². The normalized spacial score (nSPS) is 11.6. The topological polar surface area (TPSA) is 37.3 Å². The van der Waals surface area contributed by atoms with E-state index in [9.17, 15) is 4.79 Å². The van der Waals surface area contributed by atoms with E-state index in [4.69, 9.17) is 16.7 Å². The number of hydrogen-bond donors (Lipinski definition) is 1. The summed E-state index contributed by atoms with van der Waals surface area (Å²) in [7, 11) is 0. The molecule has 0 bridgehead atoms. The van der Waals surface area contributed by atoms with Crippen molar-refractivity contribution >= 4 is 34.5 Å². The van der Waals surface area contributed by atoms with Crippen LogP contribution in [0.25, 0.3) is 5.57 Å². The molecule has 4 heteroatoms. The van der Waals surface area contributed by atoms with Gasteiger partial charge in [0.2, 0.25) is 0 Å². The van der Waals surface area contributed by atoms with Gasteiger partial charge in [0.25, 0.3) is 0 Å². The molecule has 1 aromatic heterocycles. The average Bonchev–Trinajstić information content (AvgIpc) is 2.74. The monoisotopic (exact) mass is 278 g/mol. The summed E-state index contributed by atoms with van der Waals surface area (Å²) in [4.78, 5) is 11.8. The Labute approximate surface area is 114 Å². The number of halogens is 1. The van der Waals surface area contributed by atoms with E-state index < -0.39 is 5.97 Å². The third-order valence-electron chi connectivity index (χ3n) is 2.47. The van der Waals surface area contributed by atoms with Crippen LogP contribution in [0.3, 0.4) is 0 Å². The van der Waals surface area contributed by atoms with Gasteiger partial charge in [0.1, 0.15) is 0 Å². The molecule has 0 radical (unpaired) electrons. The number of rotatable bonds is 3. The van der Waals surface area contributed by atoms with Crippen LogP contribution in [0, 0.1) is 6.92 Å². The van der Waals surface area contributed by atoms with E-state index in [2.05, 4.69) is 0 Å². The Balaban J connectivity index is 2.50. The van der Waals surface area contributed by atoms with E-state index in [-0.39, 0.29) is 0 Å². The lowest BCUT2D eigenvalue weighted by molar-refractivity contribution is -0.131. The van der Waals surface area contributed by atoms with Crippen molar-refractivity contribution in [3.63, 3.8) is 0 Å². The SMILES string of the molecule is Cc1ccc(/C(=C\C(=O)O)c2ccc(Cl)s2)cc1. The number of hydrogen-bond acceptors (Lipinski definition) is 2. The number of carboxylic acid groups (broad SMARTS) is 1. The van der Waals surface area contributed by atoms with Crippen molar-refractivity contribution in [3.05, 3.63) is 62.8 Å². The molecule has 1 aromatic carbocycles. The highest BCUT2D eigenvalue weighted by molar-refractivity contribution is 7.17. The van der Waals surface area contributed by atoms with Crippen LogP contribution < -0.4 is 0 Å². The van der Waals surface area contributed by atoms with Crippen molar-refractivity contribution in [1.82, 2.24) is 0 Å². The van der Waals surface area contributed by atoms with Gasteiger partial charge in [-0.05, 0) is 24.6 Å². The molecule has 1 heterocycles. The summed E-state index contributed by atoms with van der Waals surface area (Å²) in [5.74, 6) is -0.963. The van der Waals surface area contributed by atoms with Gasteiger partial charge in [0, 0.05) is 16.5 Å². The summed E-state index contributed by atoms with van der Waals surface area (Å²) in [5.41, 5.74) is 2.69. The van der Waals surface area contributed by atoms with Gasteiger partial charge in [0.05, 0.1) is 4.34 Å². The lowest BCUT2D eigenvalue weighted by Gasteiger charge is -2.05. The summed E-state index contributed by atoms with van der Waals surface area (Å²) in [6, 6.07) is 11.4. The fourth-order valence-corrected chi connectivity index (χ4v) is 2.69. The van der Waals surface area contributed by atoms with E-state index in [0.717, 1.165) is 16.0 Å². The highest BCUT2D eigenvalue weighted by atomic mass is 35.5. The largest absolute Gasteiger partial charge is 0.478 e. The maximum Gasteiger partial charge on any atom is 0.328 e. The molecule has 0 aliphatic carbocycles. The molecule has 2 nitrogen and oxygen atoms in total. The zero-order valence-electron chi connectivity index (χ0n) is 9.68. The van der Waals surface area contributed by atoms with Gasteiger partial charge < -0.3 is 5.11 Å². The Morgan fingerprint density at radius 2 is 1.89 bits per heavy atom. The minimum atomic E-state index is -0.963. The molecule has 0 saturated heterocycles. The molecule has 0 aliphatic rings. The van der Waals surface area contributed by atoms with Crippen LogP contribution >= 0.6 is 22.9 Å². The van der Waals surface area contributed by atoms with Crippen molar-refractivity contribution in [1.29, 1.82) is 0 Å². The van der Waals surface area contributed by atoms with Crippen LogP contribution in [0.4, 0.5) is 0 Å². The number of benzene rings is 1. The summed E-state index contributed by atoms with van der Waals surface area (Å²) in [6.07, 6.45) is 1.22. The second-order valence-electron chi connectivity index (χ2n) is 3.87. The highest BCUT2D eigenvalue weighted by Gasteiger charge is 2.09. The van der Waals surface area contributed by atoms with Crippen molar-refractivity contribution in [2.45, 2.75) is 6.92 Å². The Morgan fingerprint density at radius 1 is 1.22 bits per heavy atom. The fourth-order valence-electron chi connectivity index (χ4n) is 1.61. The summed E-state index contributed by atoms with van der Waals surface area (Å²) < 4.78 is 0.647. The van der Waals surface area contributed by atoms with Crippen LogP contribution in [-0.2, 0) is 4.79 Å². The Hall–Kier alpha value is -1.58. The number of aliphatic carboxylic acids is 1. The molecule has 92 valence electrons. The standard InChI is InChI=1S/C14H11ClO2S/c1-9-2-4-10(5-3-9)11(8-14(16)17)12-6-7-13(15)18-12/h2-8H,1H3,(H,16,17)/b11-8+. The summed E-state index contributed by atoms with van der Waals surface area (Å²) in [5, 5.41) is 8.96. The van der Waals surface area contributed by atoms with Gasteiger partial charge in [0.15, 0.2) is 0 Å². The Morgan fingerprint density at radius 3 is 2.39 bits per heavy atom. The van der Waals surface area contributed by atoms with Gasteiger partial charge in [-0.25, -0.2) is 4.79 Å². The maximum atomic E-state index is 10.9. The average molecular weight is 279 g/mol. The van der Waals surface area contributed by atoms with Crippen LogP contribution in [0.15, 0.2) is 42.5 Å². The van der Waals surface area contributed by atoms with Crippen LogP contribution in [-0.4, -0.2) is 11.1 Å². The van der Waals surface area contributed by atoms with Crippen molar-refractivity contribution in [2.24, 2.45) is 0 Å². The molecule has 0 atom stereocenters. The summed E-state index contributed by atoms with van der Waals surface area (Å²) in [6.45, 7) is 1.99. The zero-order chi connectivity index (χ0) is 13.1. The molecule has 0 fully saturated rings. The third-order valence-corrected chi connectivity index (χ3v) is 3.73. The Bertz CT molecular complexity index is 597. The first-order chi connectivity index (χ1) is 8.56. The zero-order valence-corrected chi connectivity index (χ0v) is 11.3. The van der Waals surface area contributed by atoms with Gasteiger partial charge in [-0.3, -0.25) is 0 Å². The minimum absolute atomic E-state index is 0.647. The number of thiophene rings is 1. The molecule has 0 amide bonds. The molecule has 0 saturated carbocycles. The van der Waals surface area contributed by atoms with E-state index in [1.807, 2.05) is 37.3 Å². The third kappa shape index (κ3) is 3.00. The minimum Gasteiger partial charge on any atom is -0.478 e. The molecular formula is C14H11ClO2S. The van der Waals surface area contributed by atoms with Gasteiger partial charge in [-0.1, -0.05) is 41.4 Å². The van der Waals surface area contributed by atoms with E-state index >= 15 is 0 Å². The molecule has 0 unspecified atom stereocenters. The summed E-state index contributed by atoms with van der Waals surface area (Å²) >= 11 is 7.27. The second-order valence-corrected chi connectivity index (χ2v) is 5.58. The lowest BCUT2D eigenvalue weighted by atomic mass is 10.0. The van der Waals surface area contributed by atoms with E-state index in [1.54, 1.807) is 6.07 Å². The lowest BCUT2D eigenvalue weighted by Crippen LogP contribution is -1.93. The quantitative estimate of drug-likeness (QED) is 0.853. The Kier molecular flexibility index (Phi) is 3.84. The molecule has 1 N–H and O–H groups in total. The smallest absolute Gasteiger partial charge is 0.328 e. The van der Waals surface area contributed by atoms with E-state index in [1.165, 1.54) is 17.4 Å². The molecule has 0 spiro atoms. The molecule has 0 aliphatic heterocycles. The van der Waals surface area contributed by atoms with Crippen molar-refractivity contribution in [3.8, 4) is 0 Å². The predicted octanol–water partition coefficient (Wildman–Crippen LogP) is 4.23. The molecular weight excluding hydrogens is 268 g/mol. The van der Waals surface area contributed by atoms with Crippen LogP contribution in [0.5, 0.6) is 0 Å². The van der Waals surface area contributed by atoms with Crippen molar-refractivity contribution in [2.75, 3.05) is 0 Å². The second kappa shape index (κ2) is 5.38. The van der Waals surface area contributed by atoms with Crippen molar-refractivity contribution < 1.29 is 9.90 Å². The van der Waals surface area contributed by atoms with Crippen LogP contribution in [0.1, 0.15) is 16.0 Å². The number of aryl methyl sites for hydroxylation is 1. The fraction of sp³-hybridized carbons (Fsp3) is 0.0714. The molecule has 18 heavy (non-hydrogen) atoms. The highest BCUT2D eigenvalue weighted by Crippen LogP contribution is 2.32. The number of carbonyl (C=O) groups is 1. The van der Waals surface area contributed by atoms with Gasteiger partial charge in [-0.2, -0.15) is 0 Å². The predicted molar refractivity (Wildman–Crippen MR) is 75.2 cm³/mol. The van der Waals surface area contributed by atoms with Crippen LogP contribution in [0.2, 0.25) is 4.34 Å². The van der Waals surface area contributed by atoms with Gasteiger partial charge in [-0.15, -0.1) is 11.3 Å². The molecule has 2 aromatic rings. The first-order valence-electron chi connectivity index (χ1n) is 5.33. The van der Waals surface area contributed by atoms with E-state index in [0.29, 0.717) is 9.91 Å². The maximum absolute atomic E-state index is 10.9. The first-order valence-corrected chi connectivity index (χ1v) is 6.53. The first kappa shape index (κ1) is 12.9. The molecule has 2 rings (SSSR count). The number of carboxylic acids is 1.